The predicted molar refractivity (Wildman–Crippen MR) is 145 cm³/mol. The van der Waals surface area contributed by atoms with Crippen LogP contribution in [0.4, 0.5) is 5.69 Å². The van der Waals surface area contributed by atoms with E-state index in [1.54, 1.807) is 0 Å². The smallest absolute Gasteiger partial charge is 0.243 e. The maximum atomic E-state index is 13.5. The quantitative estimate of drug-likeness (QED) is 0.533. The largest absolute Gasteiger partial charge is 0.379 e. The van der Waals surface area contributed by atoms with E-state index in [9.17, 15) is 4.79 Å². The second kappa shape index (κ2) is 12.0. The molecule has 2 aromatic rings. The third-order valence-corrected chi connectivity index (χ3v) is 7.62. The molecule has 1 aromatic heterocycles. The average Bonchev–Trinajstić information content (AvgIpc) is 3.20. The first kappa shape index (κ1) is 25.6. The maximum absolute atomic E-state index is 13.5. The van der Waals surface area contributed by atoms with E-state index in [2.05, 4.69) is 78.8 Å². The minimum atomic E-state index is -0.236. The minimum absolute atomic E-state index is 0.0443. The molecule has 2 heterocycles. The van der Waals surface area contributed by atoms with Crippen molar-refractivity contribution in [2.45, 2.75) is 90.8 Å². The Morgan fingerprint density at radius 3 is 2.69 bits per heavy atom. The fourth-order valence-electron chi connectivity index (χ4n) is 5.86. The summed E-state index contributed by atoms with van der Waals surface area (Å²) < 4.78 is 8.52. The summed E-state index contributed by atoms with van der Waals surface area (Å²) in [5, 5.41) is 4.60. The van der Waals surface area contributed by atoms with E-state index >= 15 is 0 Å². The van der Waals surface area contributed by atoms with Gasteiger partial charge in [-0.25, -0.2) is 0 Å². The van der Waals surface area contributed by atoms with Gasteiger partial charge in [0.15, 0.2) is 0 Å². The third kappa shape index (κ3) is 6.04. The van der Waals surface area contributed by atoms with Gasteiger partial charge in [0.25, 0.3) is 0 Å². The molecule has 5 nitrogen and oxygen atoms in total. The molecule has 4 rings (SSSR count). The number of anilines is 1. The molecule has 0 radical (unpaired) electrons. The van der Waals surface area contributed by atoms with Gasteiger partial charge in [-0.15, -0.1) is 5.92 Å². The predicted octanol–water partition coefficient (Wildman–Crippen LogP) is 5.54. The lowest BCUT2D eigenvalue weighted by atomic mass is 9.90. The zero-order valence-electron chi connectivity index (χ0n) is 22.1. The number of ether oxygens (including phenoxy) is 1. The van der Waals surface area contributed by atoms with Crippen molar-refractivity contribution in [2.24, 2.45) is 11.8 Å². The van der Waals surface area contributed by atoms with E-state index in [4.69, 9.17) is 4.74 Å². The van der Waals surface area contributed by atoms with Crippen LogP contribution in [0.1, 0.15) is 71.3 Å². The van der Waals surface area contributed by atoms with Crippen molar-refractivity contribution in [3.8, 4) is 11.8 Å². The van der Waals surface area contributed by atoms with Gasteiger partial charge < -0.3 is 19.5 Å². The molecule has 0 saturated heterocycles. The van der Waals surface area contributed by atoms with Crippen LogP contribution in [0, 0.1) is 23.7 Å². The first-order valence-corrected chi connectivity index (χ1v) is 13.7. The van der Waals surface area contributed by atoms with Crippen molar-refractivity contribution in [1.82, 2.24) is 9.88 Å². The van der Waals surface area contributed by atoms with Crippen molar-refractivity contribution >= 4 is 22.5 Å². The Kier molecular flexibility index (Phi) is 8.78. The van der Waals surface area contributed by atoms with Crippen LogP contribution in [0.15, 0.2) is 24.4 Å². The fourth-order valence-corrected chi connectivity index (χ4v) is 5.86. The summed E-state index contributed by atoms with van der Waals surface area (Å²) in [5.74, 6) is 7.58. The van der Waals surface area contributed by atoms with Crippen molar-refractivity contribution in [3.63, 3.8) is 0 Å². The van der Waals surface area contributed by atoms with Gasteiger partial charge >= 0.3 is 0 Å². The Labute approximate surface area is 211 Å². The Bertz CT molecular complexity index is 1050. The van der Waals surface area contributed by atoms with Gasteiger partial charge in [0.2, 0.25) is 5.91 Å². The topological polar surface area (TPSA) is 46.5 Å². The summed E-state index contributed by atoms with van der Waals surface area (Å²) in [6.45, 7) is 8.47. The molecule has 0 spiro atoms. The van der Waals surface area contributed by atoms with Gasteiger partial charge in [-0.3, -0.25) is 4.79 Å². The van der Waals surface area contributed by atoms with E-state index in [1.165, 1.54) is 48.6 Å². The van der Waals surface area contributed by atoms with E-state index in [-0.39, 0.29) is 23.9 Å². The molecule has 1 saturated carbocycles. The number of carbonyl (C=O) groups excluding carboxylic acids is 1. The van der Waals surface area contributed by atoms with E-state index in [1.807, 2.05) is 0 Å². The summed E-state index contributed by atoms with van der Waals surface area (Å²) in [4.78, 5) is 15.6. The van der Waals surface area contributed by atoms with Gasteiger partial charge in [-0.2, -0.15) is 0 Å². The molecule has 1 N–H and O–H groups in total. The fraction of sp³-hybridized carbons (Fsp3) is 0.633. The maximum Gasteiger partial charge on any atom is 0.243 e. The Balaban J connectivity index is 1.65. The zero-order chi connectivity index (χ0) is 24.8. The highest BCUT2D eigenvalue weighted by Gasteiger charge is 2.32. The first-order chi connectivity index (χ1) is 17.0. The SMILES string of the molecule is CCCC#CCn1cc2c3c(cccc31)N(C)[C@@H](C(C)C)C(=O)N[C@H](COCC1CCCCC1)C2. The standard InChI is InChI=1S/C30H43N3O2/c1-5-6-7-11-17-33-19-24-18-25(21-35-20-23-13-9-8-10-14-23)31-30(34)29(22(2)3)32(4)26-15-12-16-27(33)28(24)26/h12,15-16,19,22-23,25,29H,5-6,8-10,13-14,17-18,20-21H2,1-4H3,(H,31,34)/t25-,29-/m0/s1. The Hall–Kier alpha value is -2.45. The molecule has 1 aliphatic carbocycles. The molecule has 2 aliphatic rings. The van der Waals surface area contributed by atoms with Gasteiger partial charge in [-0.05, 0) is 55.2 Å². The summed E-state index contributed by atoms with van der Waals surface area (Å²) in [7, 11) is 2.06. The highest BCUT2D eigenvalue weighted by molar-refractivity contribution is 5.98. The summed E-state index contributed by atoms with van der Waals surface area (Å²) in [6.07, 6.45) is 11.6. The van der Waals surface area contributed by atoms with Crippen LogP contribution in [0.2, 0.25) is 0 Å². The number of nitrogens with one attached hydrogen (secondary N) is 1. The molecular weight excluding hydrogens is 434 g/mol. The van der Waals surface area contributed by atoms with Crippen molar-refractivity contribution < 1.29 is 9.53 Å². The van der Waals surface area contributed by atoms with Crippen LogP contribution in [-0.2, 0) is 22.5 Å². The van der Waals surface area contributed by atoms with Gasteiger partial charge in [-0.1, -0.05) is 52.0 Å². The molecular formula is C30H43N3O2. The average molecular weight is 478 g/mol. The minimum Gasteiger partial charge on any atom is -0.379 e. The lowest BCUT2D eigenvalue weighted by molar-refractivity contribution is -0.124. The number of rotatable bonds is 7. The van der Waals surface area contributed by atoms with Crippen molar-refractivity contribution in [2.75, 3.05) is 25.2 Å². The van der Waals surface area contributed by atoms with E-state index < -0.39 is 0 Å². The number of unbranched alkanes of at least 4 members (excludes halogenated alkanes) is 1. The zero-order valence-corrected chi connectivity index (χ0v) is 22.1. The highest BCUT2D eigenvalue weighted by atomic mass is 16.5. The number of benzene rings is 1. The Morgan fingerprint density at radius 1 is 1.14 bits per heavy atom. The van der Waals surface area contributed by atoms with Crippen molar-refractivity contribution in [1.29, 1.82) is 0 Å². The lowest BCUT2D eigenvalue weighted by Gasteiger charge is -2.33. The summed E-state index contributed by atoms with van der Waals surface area (Å²) >= 11 is 0. The number of nitrogens with zero attached hydrogens (tertiary/aromatic N) is 2. The van der Waals surface area contributed by atoms with Crippen LogP contribution < -0.4 is 10.2 Å². The molecule has 0 bridgehead atoms. The summed E-state index contributed by atoms with van der Waals surface area (Å²) in [6, 6.07) is 6.16. The molecule has 1 amide bonds. The molecule has 5 heteroatoms. The van der Waals surface area contributed by atoms with E-state index in [0.29, 0.717) is 19.1 Å². The number of hydrogen-bond acceptors (Lipinski definition) is 3. The lowest BCUT2D eigenvalue weighted by Crippen LogP contribution is -2.52. The third-order valence-electron chi connectivity index (χ3n) is 7.62. The highest BCUT2D eigenvalue weighted by Crippen LogP contribution is 2.35. The number of hydrogen-bond donors (Lipinski definition) is 1. The monoisotopic (exact) mass is 477 g/mol. The molecule has 35 heavy (non-hydrogen) atoms. The first-order valence-electron chi connectivity index (χ1n) is 13.7. The van der Waals surface area contributed by atoms with Crippen LogP contribution in [0.3, 0.4) is 0 Å². The normalized spacial score (nSPS) is 21.3. The van der Waals surface area contributed by atoms with Gasteiger partial charge in [0.1, 0.15) is 6.04 Å². The molecule has 190 valence electrons. The van der Waals surface area contributed by atoms with Crippen molar-refractivity contribution in [3.05, 3.63) is 30.0 Å². The Morgan fingerprint density at radius 2 is 1.94 bits per heavy atom. The molecule has 1 aromatic carbocycles. The number of aromatic nitrogens is 1. The van der Waals surface area contributed by atoms with Crippen LogP contribution in [0.25, 0.3) is 10.9 Å². The number of likely N-dealkylation sites (N-methyl/N-ethyl adjacent to an activating group) is 1. The molecule has 0 unspecified atom stereocenters. The second-order valence-corrected chi connectivity index (χ2v) is 10.8. The molecule has 1 fully saturated rings. The second-order valence-electron chi connectivity index (χ2n) is 10.8. The van der Waals surface area contributed by atoms with Crippen LogP contribution in [0.5, 0.6) is 0 Å². The molecule has 1 aliphatic heterocycles. The molecule has 2 atom stereocenters. The number of amides is 1. The van der Waals surface area contributed by atoms with Crippen LogP contribution in [-0.4, -0.2) is 42.8 Å². The summed E-state index contributed by atoms with van der Waals surface area (Å²) in [5.41, 5.74) is 3.57. The van der Waals surface area contributed by atoms with E-state index in [0.717, 1.165) is 31.6 Å². The van der Waals surface area contributed by atoms with Gasteiger partial charge in [0, 0.05) is 37.3 Å². The van der Waals surface area contributed by atoms with Gasteiger partial charge in [0.05, 0.1) is 24.7 Å². The van der Waals surface area contributed by atoms with Crippen LogP contribution >= 0.6 is 0 Å². The number of carbonyl (C=O) groups is 1.